The third-order valence-electron chi connectivity index (χ3n) is 3.06. The Bertz CT molecular complexity index is 586. The number of alkyl halides is 3. The van der Waals surface area contributed by atoms with Crippen molar-refractivity contribution in [1.29, 1.82) is 0 Å². The van der Waals surface area contributed by atoms with Gasteiger partial charge in [-0.2, -0.15) is 13.2 Å². The second-order valence-electron chi connectivity index (χ2n) is 4.72. The fourth-order valence-electron chi connectivity index (χ4n) is 1.99. The number of rotatable bonds is 5. The summed E-state index contributed by atoms with van der Waals surface area (Å²) in [6.45, 7) is -1.00. The lowest BCUT2D eigenvalue weighted by Gasteiger charge is -2.10. The van der Waals surface area contributed by atoms with Crippen LogP contribution in [-0.2, 0) is 12.3 Å². The van der Waals surface area contributed by atoms with Crippen molar-refractivity contribution in [3.63, 3.8) is 0 Å². The highest BCUT2D eigenvalue weighted by atomic mass is 32.2. The minimum atomic E-state index is -4.23. The van der Waals surface area contributed by atoms with Gasteiger partial charge in [-0.3, -0.25) is 0 Å². The maximum atomic E-state index is 12.4. The third kappa shape index (κ3) is 3.17. The standard InChI is InChI=1S/C12H13F3N4S/c13-12(14,15)8-18-5-3-16-10(18)7-20-11-17-4-6-19(11)9-1-2-9/h3-6,9H,1-2,7-8H2. The lowest BCUT2D eigenvalue weighted by molar-refractivity contribution is -0.140. The Morgan fingerprint density at radius 1 is 1.20 bits per heavy atom. The summed E-state index contributed by atoms with van der Waals surface area (Å²) >= 11 is 1.42. The number of nitrogens with zero attached hydrogens (tertiary/aromatic N) is 4. The van der Waals surface area contributed by atoms with Gasteiger partial charge in [0, 0.05) is 30.8 Å². The van der Waals surface area contributed by atoms with Crippen LogP contribution in [0.1, 0.15) is 24.7 Å². The van der Waals surface area contributed by atoms with Crippen molar-refractivity contribution in [2.45, 2.75) is 42.5 Å². The number of aromatic nitrogens is 4. The van der Waals surface area contributed by atoms with Crippen LogP contribution in [0.2, 0.25) is 0 Å². The molecule has 1 aliphatic rings. The van der Waals surface area contributed by atoms with Crippen molar-refractivity contribution < 1.29 is 13.2 Å². The predicted octanol–water partition coefficient (Wildman–Crippen LogP) is 3.27. The molecule has 0 radical (unpaired) electrons. The van der Waals surface area contributed by atoms with E-state index < -0.39 is 12.7 Å². The van der Waals surface area contributed by atoms with Gasteiger partial charge in [-0.1, -0.05) is 11.8 Å². The van der Waals surface area contributed by atoms with Crippen LogP contribution in [0.4, 0.5) is 13.2 Å². The molecule has 2 aromatic heterocycles. The molecule has 2 heterocycles. The maximum absolute atomic E-state index is 12.4. The van der Waals surface area contributed by atoms with E-state index in [1.807, 2.05) is 6.20 Å². The van der Waals surface area contributed by atoms with Crippen LogP contribution in [0.3, 0.4) is 0 Å². The molecule has 0 aliphatic heterocycles. The van der Waals surface area contributed by atoms with Gasteiger partial charge in [-0.05, 0) is 12.8 Å². The van der Waals surface area contributed by atoms with Crippen molar-refractivity contribution in [1.82, 2.24) is 19.1 Å². The lowest BCUT2D eigenvalue weighted by Crippen LogP contribution is -2.18. The summed E-state index contributed by atoms with van der Waals surface area (Å²) in [5.74, 6) is 0.796. The molecule has 1 saturated carbocycles. The number of hydrogen-bond acceptors (Lipinski definition) is 3. The molecule has 0 unspecified atom stereocenters. The molecule has 0 atom stereocenters. The van der Waals surface area contributed by atoms with Gasteiger partial charge >= 0.3 is 6.18 Å². The van der Waals surface area contributed by atoms with Crippen LogP contribution in [0.5, 0.6) is 0 Å². The molecular weight excluding hydrogens is 289 g/mol. The van der Waals surface area contributed by atoms with Crippen LogP contribution in [0, 0.1) is 0 Å². The quantitative estimate of drug-likeness (QED) is 0.795. The fourth-order valence-corrected chi connectivity index (χ4v) is 2.98. The van der Waals surface area contributed by atoms with E-state index >= 15 is 0 Å². The highest BCUT2D eigenvalue weighted by molar-refractivity contribution is 7.98. The zero-order valence-corrected chi connectivity index (χ0v) is 11.4. The SMILES string of the molecule is FC(F)(F)Cn1ccnc1CSc1nccn1C1CC1. The number of halogens is 3. The normalized spacial score (nSPS) is 15.8. The molecule has 1 aliphatic carbocycles. The first-order chi connectivity index (χ1) is 9.53. The van der Waals surface area contributed by atoms with Crippen molar-refractivity contribution in [2.75, 3.05) is 0 Å². The summed E-state index contributed by atoms with van der Waals surface area (Å²) < 4.78 is 40.5. The molecule has 1 fully saturated rings. The number of hydrogen-bond donors (Lipinski definition) is 0. The first kappa shape index (κ1) is 13.5. The van der Waals surface area contributed by atoms with E-state index in [2.05, 4.69) is 14.5 Å². The molecule has 0 spiro atoms. The van der Waals surface area contributed by atoms with E-state index in [9.17, 15) is 13.2 Å². The molecule has 0 aromatic carbocycles. The monoisotopic (exact) mass is 302 g/mol. The minimum Gasteiger partial charge on any atom is -0.325 e. The van der Waals surface area contributed by atoms with E-state index in [-0.39, 0.29) is 0 Å². The van der Waals surface area contributed by atoms with Crippen molar-refractivity contribution >= 4 is 11.8 Å². The van der Waals surface area contributed by atoms with Crippen LogP contribution < -0.4 is 0 Å². The zero-order valence-electron chi connectivity index (χ0n) is 10.5. The third-order valence-corrected chi connectivity index (χ3v) is 4.03. The Hall–Kier alpha value is -1.44. The van der Waals surface area contributed by atoms with Gasteiger partial charge in [0.05, 0.1) is 5.75 Å². The summed E-state index contributed by atoms with van der Waals surface area (Å²) in [6.07, 6.45) is 4.46. The molecule has 0 saturated heterocycles. The molecule has 0 N–H and O–H groups in total. The Morgan fingerprint density at radius 3 is 2.65 bits per heavy atom. The average Bonchev–Trinajstić information content (AvgIpc) is 2.94. The van der Waals surface area contributed by atoms with Crippen molar-refractivity contribution in [3.8, 4) is 0 Å². The van der Waals surface area contributed by atoms with Crippen molar-refractivity contribution in [2.24, 2.45) is 0 Å². The molecule has 3 rings (SSSR count). The molecule has 4 nitrogen and oxygen atoms in total. The maximum Gasteiger partial charge on any atom is 0.406 e. The van der Waals surface area contributed by atoms with Gasteiger partial charge in [0.1, 0.15) is 12.4 Å². The van der Waals surface area contributed by atoms with E-state index in [1.54, 1.807) is 6.20 Å². The fraction of sp³-hybridized carbons (Fsp3) is 0.500. The largest absolute Gasteiger partial charge is 0.406 e. The summed E-state index contributed by atoms with van der Waals surface area (Å²) in [5, 5.41) is 0.842. The Labute approximate surface area is 118 Å². The molecule has 0 bridgehead atoms. The second kappa shape index (κ2) is 5.16. The van der Waals surface area contributed by atoms with Gasteiger partial charge in [0.25, 0.3) is 0 Å². The molecule has 20 heavy (non-hydrogen) atoms. The van der Waals surface area contributed by atoms with Crippen LogP contribution >= 0.6 is 11.8 Å². The first-order valence-electron chi connectivity index (χ1n) is 6.25. The summed E-state index contributed by atoms with van der Waals surface area (Å²) in [5.41, 5.74) is 0. The van der Waals surface area contributed by atoms with Crippen LogP contribution in [0.15, 0.2) is 29.9 Å². The van der Waals surface area contributed by atoms with Crippen LogP contribution in [-0.4, -0.2) is 25.3 Å². The molecule has 8 heteroatoms. The molecule has 2 aromatic rings. The first-order valence-corrected chi connectivity index (χ1v) is 7.24. The van der Waals surface area contributed by atoms with Gasteiger partial charge in [-0.25, -0.2) is 9.97 Å². The van der Waals surface area contributed by atoms with Crippen molar-refractivity contribution in [3.05, 3.63) is 30.6 Å². The van der Waals surface area contributed by atoms with E-state index in [4.69, 9.17) is 0 Å². The summed E-state index contributed by atoms with van der Waals surface area (Å²) in [7, 11) is 0. The topological polar surface area (TPSA) is 35.6 Å². The molecular formula is C12H13F3N4S. The smallest absolute Gasteiger partial charge is 0.325 e. The number of imidazole rings is 2. The second-order valence-corrected chi connectivity index (χ2v) is 5.67. The summed E-state index contributed by atoms with van der Waals surface area (Å²) in [4.78, 5) is 8.24. The van der Waals surface area contributed by atoms with Crippen LogP contribution in [0.25, 0.3) is 0 Å². The van der Waals surface area contributed by atoms with E-state index in [1.165, 1.54) is 24.2 Å². The molecule has 108 valence electrons. The molecule has 0 amide bonds. The predicted molar refractivity (Wildman–Crippen MR) is 68.3 cm³/mol. The van der Waals surface area contributed by atoms with Gasteiger partial charge < -0.3 is 9.13 Å². The summed E-state index contributed by atoms with van der Waals surface area (Å²) in [6, 6.07) is 0.509. The highest BCUT2D eigenvalue weighted by Crippen LogP contribution is 2.38. The van der Waals surface area contributed by atoms with E-state index in [0.29, 0.717) is 17.6 Å². The minimum absolute atomic E-state index is 0.382. The lowest BCUT2D eigenvalue weighted by atomic mass is 10.5. The number of thioether (sulfide) groups is 1. The average molecular weight is 302 g/mol. The van der Waals surface area contributed by atoms with E-state index in [0.717, 1.165) is 22.6 Å². The van der Waals surface area contributed by atoms with Gasteiger partial charge in [0.15, 0.2) is 5.16 Å². The Balaban J connectivity index is 1.66. The van der Waals surface area contributed by atoms with Gasteiger partial charge in [0.2, 0.25) is 0 Å². The zero-order chi connectivity index (χ0) is 14.2. The Morgan fingerprint density at radius 2 is 1.95 bits per heavy atom. The highest BCUT2D eigenvalue weighted by Gasteiger charge is 2.29. The Kier molecular flexibility index (Phi) is 3.49. The van der Waals surface area contributed by atoms with Gasteiger partial charge in [-0.15, -0.1) is 0 Å².